The molecule has 0 fully saturated rings. The van der Waals surface area contributed by atoms with Crippen molar-refractivity contribution in [1.29, 1.82) is 0 Å². The molecule has 0 aliphatic rings. The summed E-state index contributed by atoms with van der Waals surface area (Å²) in [5.74, 6) is 0. The van der Waals surface area contributed by atoms with Gasteiger partial charge in [-0.3, -0.25) is 0 Å². The molecule has 0 spiro atoms. The summed E-state index contributed by atoms with van der Waals surface area (Å²) in [6, 6.07) is 0. The zero-order valence-corrected chi connectivity index (χ0v) is 28.6. The van der Waals surface area contributed by atoms with Crippen LogP contribution in [0.2, 0.25) is 0 Å². The Labute approximate surface area is 256 Å². The van der Waals surface area contributed by atoms with Crippen molar-refractivity contribution in [1.82, 2.24) is 0 Å². The first-order valence-corrected chi connectivity index (χ1v) is 12.0. The number of hydrogen-bond acceptors (Lipinski definition) is 4. The molecule has 4 nitrogen and oxygen atoms in total. The van der Waals surface area contributed by atoms with Crippen LogP contribution in [-0.4, -0.2) is 48.9 Å². The number of methoxy groups -OCH3 is 1. The summed E-state index contributed by atoms with van der Waals surface area (Å²) >= 11 is 0. The van der Waals surface area contributed by atoms with Gasteiger partial charge in [-0.05, 0) is 48.5 Å². The van der Waals surface area contributed by atoms with Crippen molar-refractivity contribution in [3.8, 4) is 0 Å². The van der Waals surface area contributed by atoms with E-state index in [4.69, 9.17) is 15.3 Å². The van der Waals surface area contributed by atoms with E-state index < -0.39 is 0 Å². The van der Waals surface area contributed by atoms with Crippen molar-refractivity contribution >= 4 is 0 Å². The Morgan fingerprint density at radius 3 is 0.475 bits per heavy atom. The third-order valence-corrected chi connectivity index (χ3v) is 0.395. The molecule has 40 heavy (non-hydrogen) atoms. The van der Waals surface area contributed by atoms with Gasteiger partial charge in [-0.25, -0.2) is 0 Å². The zero-order valence-electron chi connectivity index (χ0n) is 28.6. The van der Waals surface area contributed by atoms with Crippen molar-refractivity contribution in [2.75, 3.05) is 33.5 Å². The first kappa shape index (κ1) is 90.8. The second-order valence-electron chi connectivity index (χ2n) is 4.02. The van der Waals surface area contributed by atoms with Crippen LogP contribution < -0.4 is 0 Å². The molecule has 0 amide bonds. The number of allylic oxidation sites excluding steroid dienone is 7. The molecule has 0 unspecified atom stereocenters. The van der Waals surface area contributed by atoms with E-state index in [0.29, 0.717) is 6.61 Å². The lowest BCUT2D eigenvalue weighted by molar-refractivity contribution is 0.135. The van der Waals surface area contributed by atoms with Crippen molar-refractivity contribution in [2.45, 2.75) is 48.5 Å². The van der Waals surface area contributed by atoms with Crippen LogP contribution in [0.15, 0.2) is 154 Å². The molecule has 0 aromatic carbocycles. The minimum atomic E-state index is -0.125. The van der Waals surface area contributed by atoms with Crippen LogP contribution in [0.4, 0.5) is 0 Å². The summed E-state index contributed by atoms with van der Waals surface area (Å²) in [4.78, 5) is 0. The van der Waals surface area contributed by atoms with Crippen molar-refractivity contribution in [3.63, 3.8) is 0 Å². The highest BCUT2D eigenvalue weighted by Gasteiger charge is 1.67. The third kappa shape index (κ3) is 504000. The molecule has 0 aliphatic carbocycles. The number of ether oxygens (including phenoxy) is 1. The maximum Gasteiger partial charge on any atom is 0.0693 e. The molecule has 0 atom stereocenters. The largest absolute Gasteiger partial charge is 0.394 e. The van der Waals surface area contributed by atoms with E-state index in [1.54, 1.807) is 49.6 Å². The fourth-order valence-electron chi connectivity index (χ4n) is 0.0913. The van der Waals surface area contributed by atoms with Crippen molar-refractivity contribution in [2.24, 2.45) is 0 Å². The van der Waals surface area contributed by atoms with Gasteiger partial charge in [0.1, 0.15) is 0 Å². The number of hydrogen-bond donors (Lipinski definition) is 3. The maximum absolute atomic E-state index is 7.94. The maximum atomic E-state index is 7.94. The van der Waals surface area contributed by atoms with Gasteiger partial charge in [0.05, 0.1) is 26.4 Å². The Morgan fingerprint density at radius 2 is 0.475 bits per heavy atom. The van der Waals surface area contributed by atoms with Gasteiger partial charge in [0, 0.05) is 7.11 Å². The minimum absolute atomic E-state index is 0.122. The normalized spacial score (nSPS) is 4.58. The minimum Gasteiger partial charge on any atom is -0.394 e. The molecular formula is C36H76O4. The van der Waals surface area contributed by atoms with Gasteiger partial charge in [0.25, 0.3) is 0 Å². The predicted molar refractivity (Wildman–Crippen MR) is 201 cm³/mol. The van der Waals surface area contributed by atoms with Crippen LogP contribution in [0.25, 0.3) is 0 Å². The molecule has 0 saturated heterocycles. The van der Waals surface area contributed by atoms with E-state index in [1.807, 2.05) is 48.5 Å². The van der Waals surface area contributed by atoms with Gasteiger partial charge < -0.3 is 20.1 Å². The fraction of sp³-hybridized carbons (Fsp3) is 0.333. The SMILES string of the molecule is C=C.C=C.C=C.C=C.C=C.C=CC.C=CC.C=CC.C=CC.C=CC.C=CC.C=CC.COCCO.OCCO. The fourth-order valence-corrected chi connectivity index (χ4v) is 0.0913. The average Bonchev–Trinajstić information content (AvgIpc) is 2.98. The van der Waals surface area contributed by atoms with E-state index in [9.17, 15) is 0 Å². The highest BCUT2D eigenvalue weighted by molar-refractivity contribution is 4.53. The molecule has 0 radical (unpaired) electrons. The van der Waals surface area contributed by atoms with E-state index in [0.717, 1.165) is 0 Å². The summed E-state index contributed by atoms with van der Waals surface area (Å²) in [7, 11) is 1.55. The molecule has 0 aromatic rings. The first-order valence-electron chi connectivity index (χ1n) is 12.0. The van der Waals surface area contributed by atoms with Crippen LogP contribution in [0.5, 0.6) is 0 Å². The monoisotopic (exact) mass is 573 g/mol. The molecule has 244 valence electrons. The van der Waals surface area contributed by atoms with Crippen LogP contribution in [-0.2, 0) is 4.74 Å². The first-order chi connectivity index (χ1) is 19.2. The van der Waals surface area contributed by atoms with E-state index in [2.05, 4.69) is 117 Å². The Balaban J connectivity index is -0.0000000153. The van der Waals surface area contributed by atoms with E-state index in [1.165, 1.54) is 0 Å². The molecule has 0 aromatic heterocycles. The van der Waals surface area contributed by atoms with Crippen LogP contribution >= 0.6 is 0 Å². The smallest absolute Gasteiger partial charge is 0.0693 e. The summed E-state index contributed by atoms with van der Waals surface area (Å²) in [5, 5.41) is 23.2. The quantitative estimate of drug-likeness (QED) is 0.294. The summed E-state index contributed by atoms with van der Waals surface area (Å²) in [6.45, 7) is 67.1. The molecule has 0 heterocycles. The molecular weight excluding hydrogens is 496 g/mol. The van der Waals surface area contributed by atoms with Crippen molar-refractivity contribution < 1.29 is 20.1 Å². The van der Waals surface area contributed by atoms with Gasteiger partial charge in [0.2, 0.25) is 0 Å². The van der Waals surface area contributed by atoms with Crippen LogP contribution in [0.1, 0.15) is 48.5 Å². The predicted octanol–water partition coefficient (Wildman–Crippen LogP) is 11.0. The lowest BCUT2D eigenvalue weighted by Gasteiger charge is -1.84. The van der Waals surface area contributed by atoms with Crippen LogP contribution in [0, 0.1) is 0 Å². The Morgan fingerprint density at radius 1 is 0.375 bits per heavy atom. The number of rotatable bonds is 3. The van der Waals surface area contributed by atoms with Gasteiger partial charge in [-0.2, -0.15) is 0 Å². The molecule has 4 heteroatoms. The van der Waals surface area contributed by atoms with E-state index >= 15 is 0 Å². The lowest BCUT2D eigenvalue weighted by atomic mass is 10.8. The molecule has 0 rings (SSSR count). The zero-order chi connectivity index (χ0) is 36.5. The van der Waals surface area contributed by atoms with E-state index in [-0.39, 0.29) is 19.8 Å². The van der Waals surface area contributed by atoms with Crippen molar-refractivity contribution in [3.05, 3.63) is 154 Å². The molecule has 0 bridgehead atoms. The highest BCUT2D eigenvalue weighted by Crippen LogP contribution is 1.56. The van der Waals surface area contributed by atoms with Gasteiger partial charge in [-0.1, -0.05) is 42.5 Å². The molecule has 0 saturated carbocycles. The molecule has 3 N–H and O–H groups in total. The Hall–Kier alpha value is -3.28. The standard InChI is InChI=1S/C3H8O2.7C3H6.C2H6O2.5C2H4/c1-5-3-2-4;7*1-3-2;3-1-2-4;5*1-2/h4H,2-3H2,1H3;7*3H,1H2,2H3;3-4H,1-2H2;5*1-2H2. The second kappa shape index (κ2) is 566. The topological polar surface area (TPSA) is 69.9 Å². The second-order valence-corrected chi connectivity index (χ2v) is 4.02. The highest BCUT2D eigenvalue weighted by atomic mass is 16.5. The number of aliphatic hydroxyl groups excluding tert-OH is 3. The summed E-state index contributed by atoms with van der Waals surface area (Å²) in [6.07, 6.45) is 12.2. The average molecular weight is 573 g/mol. The summed E-state index contributed by atoms with van der Waals surface area (Å²) < 4.78 is 4.44. The molecule has 0 aliphatic heterocycles. The third-order valence-electron chi connectivity index (χ3n) is 0.395. The van der Waals surface area contributed by atoms with Gasteiger partial charge >= 0.3 is 0 Å². The van der Waals surface area contributed by atoms with Gasteiger partial charge in [-0.15, -0.1) is 112 Å². The lowest BCUT2D eigenvalue weighted by Crippen LogP contribution is -1.91. The Bertz CT molecular complexity index is 237. The number of aliphatic hydroxyl groups is 3. The summed E-state index contributed by atoms with van der Waals surface area (Å²) in [5.41, 5.74) is 0. The van der Waals surface area contributed by atoms with Crippen LogP contribution in [0.3, 0.4) is 0 Å². The Kier molecular flexibility index (Phi) is 1280. The van der Waals surface area contributed by atoms with Gasteiger partial charge in [0.15, 0.2) is 0 Å².